The van der Waals surface area contributed by atoms with Gasteiger partial charge in [-0.25, -0.2) is 0 Å². The summed E-state index contributed by atoms with van der Waals surface area (Å²) in [6.07, 6.45) is 2.18. The summed E-state index contributed by atoms with van der Waals surface area (Å²) in [5, 5.41) is 0.993. The highest BCUT2D eigenvalue weighted by molar-refractivity contribution is 7.18. The lowest BCUT2D eigenvalue weighted by Gasteiger charge is -2.27. The molecule has 0 aliphatic carbocycles. The average molecular weight is 269 g/mol. The number of rotatable bonds is 4. The molecule has 0 spiro atoms. The fraction of sp³-hybridized carbons (Fsp3) is 0.583. The van der Waals surface area contributed by atoms with Gasteiger partial charge in [0, 0.05) is 26.8 Å². The van der Waals surface area contributed by atoms with E-state index in [0.717, 1.165) is 37.6 Å². The van der Waals surface area contributed by atoms with Gasteiger partial charge < -0.3 is 21.1 Å². The molecule has 0 atom stereocenters. The van der Waals surface area contributed by atoms with Gasteiger partial charge in [-0.05, 0) is 24.8 Å². The van der Waals surface area contributed by atoms with Crippen molar-refractivity contribution in [3.63, 3.8) is 0 Å². The zero-order valence-corrected chi connectivity index (χ0v) is 11.3. The standard InChI is InChI=1S/C12H19N3O2S/c1-15(7-8-2-4-17-5-3-8)10-6-9(13)11(18-10)12(14)16/h6,8H,2-5,7,13H2,1H3,(H2,14,16). The number of nitrogens with zero attached hydrogens (tertiary/aromatic N) is 1. The van der Waals surface area contributed by atoms with Gasteiger partial charge in [-0.15, -0.1) is 11.3 Å². The van der Waals surface area contributed by atoms with Crippen molar-refractivity contribution >= 4 is 27.9 Å². The number of hydrogen-bond donors (Lipinski definition) is 2. The van der Waals surface area contributed by atoms with E-state index in [2.05, 4.69) is 4.90 Å². The first-order valence-electron chi connectivity index (χ1n) is 6.06. The molecule has 0 aromatic carbocycles. The summed E-state index contributed by atoms with van der Waals surface area (Å²) in [7, 11) is 2.02. The van der Waals surface area contributed by atoms with Gasteiger partial charge >= 0.3 is 0 Å². The summed E-state index contributed by atoms with van der Waals surface area (Å²) < 4.78 is 5.34. The maximum absolute atomic E-state index is 11.2. The molecule has 1 saturated heterocycles. The Morgan fingerprint density at radius 2 is 2.22 bits per heavy atom. The van der Waals surface area contributed by atoms with Crippen molar-refractivity contribution < 1.29 is 9.53 Å². The van der Waals surface area contributed by atoms with Crippen LogP contribution in [-0.2, 0) is 4.74 Å². The molecule has 5 nitrogen and oxygen atoms in total. The third-order valence-electron chi connectivity index (χ3n) is 3.22. The van der Waals surface area contributed by atoms with Crippen molar-refractivity contribution in [2.75, 3.05) is 37.4 Å². The van der Waals surface area contributed by atoms with Crippen LogP contribution in [0.25, 0.3) is 0 Å². The zero-order valence-electron chi connectivity index (χ0n) is 10.5. The molecule has 18 heavy (non-hydrogen) atoms. The van der Waals surface area contributed by atoms with Crippen molar-refractivity contribution in [3.05, 3.63) is 10.9 Å². The van der Waals surface area contributed by atoms with Crippen molar-refractivity contribution in [1.82, 2.24) is 0 Å². The Morgan fingerprint density at radius 3 is 2.78 bits per heavy atom. The minimum absolute atomic E-state index is 0.448. The molecule has 4 N–H and O–H groups in total. The number of nitrogens with two attached hydrogens (primary N) is 2. The van der Waals surface area contributed by atoms with Crippen LogP contribution in [0.2, 0.25) is 0 Å². The molecule has 0 bridgehead atoms. The van der Waals surface area contributed by atoms with Crippen molar-refractivity contribution in [3.8, 4) is 0 Å². The first-order valence-corrected chi connectivity index (χ1v) is 6.87. The van der Waals surface area contributed by atoms with Crippen LogP contribution < -0.4 is 16.4 Å². The molecule has 2 heterocycles. The normalized spacial score (nSPS) is 16.7. The SMILES string of the molecule is CN(CC1CCOCC1)c1cc(N)c(C(N)=O)s1. The number of primary amides is 1. The van der Waals surface area contributed by atoms with Gasteiger partial charge in [-0.2, -0.15) is 0 Å². The maximum Gasteiger partial charge on any atom is 0.260 e. The molecule has 1 aliphatic heterocycles. The number of anilines is 2. The molecule has 1 fully saturated rings. The van der Waals surface area contributed by atoms with Gasteiger partial charge in [0.25, 0.3) is 5.91 Å². The van der Waals surface area contributed by atoms with Crippen LogP contribution in [0.4, 0.5) is 10.7 Å². The zero-order chi connectivity index (χ0) is 13.1. The Hall–Kier alpha value is -1.27. The predicted molar refractivity (Wildman–Crippen MR) is 74.1 cm³/mol. The smallest absolute Gasteiger partial charge is 0.260 e. The van der Waals surface area contributed by atoms with Gasteiger partial charge in [-0.3, -0.25) is 4.79 Å². The quantitative estimate of drug-likeness (QED) is 0.863. The monoisotopic (exact) mass is 269 g/mol. The highest BCUT2D eigenvalue weighted by Crippen LogP contribution is 2.32. The molecular formula is C12H19N3O2S. The first kappa shape index (κ1) is 13.2. The summed E-state index contributed by atoms with van der Waals surface area (Å²) in [6.45, 7) is 2.65. The predicted octanol–water partition coefficient (Wildman–Crippen LogP) is 1.29. The lowest BCUT2D eigenvalue weighted by Crippen LogP contribution is -2.29. The molecule has 100 valence electrons. The molecule has 0 saturated carbocycles. The third kappa shape index (κ3) is 2.94. The van der Waals surface area contributed by atoms with E-state index < -0.39 is 5.91 Å². The molecule has 6 heteroatoms. The van der Waals surface area contributed by atoms with E-state index in [9.17, 15) is 4.79 Å². The van der Waals surface area contributed by atoms with Crippen molar-refractivity contribution in [1.29, 1.82) is 0 Å². The number of hydrogen-bond acceptors (Lipinski definition) is 5. The second-order valence-electron chi connectivity index (χ2n) is 4.67. The second-order valence-corrected chi connectivity index (χ2v) is 5.70. The van der Waals surface area contributed by atoms with Crippen LogP contribution in [0.3, 0.4) is 0 Å². The van der Waals surface area contributed by atoms with Gasteiger partial charge in [0.05, 0.1) is 10.7 Å². The number of thiophene rings is 1. The van der Waals surface area contributed by atoms with Crippen molar-refractivity contribution in [2.45, 2.75) is 12.8 Å². The number of amides is 1. The van der Waals surface area contributed by atoms with E-state index in [1.807, 2.05) is 13.1 Å². The molecule has 0 unspecified atom stereocenters. The van der Waals surface area contributed by atoms with E-state index in [1.54, 1.807) is 0 Å². The number of carbonyl (C=O) groups is 1. The Bertz CT molecular complexity index is 427. The average Bonchev–Trinajstić information content (AvgIpc) is 2.73. The molecule has 2 rings (SSSR count). The summed E-state index contributed by atoms with van der Waals surface area (Å²) in [6, 6.07) is 1.82. The highest BCUT2D eigenvalue weighted by Gasteiger charge is 2.18. The fourth-order valence-electron chi connectivity index (χ4n) is 2.18. The Kier molecular flexibility index (Phi) is 4.08. The largest absolute Gasteiger partial charge is 0.397 e. The van der Waals surface area contributed by atoms with Gasteiger partial charge in [0.2, 0.25) is 0 Å². The van der Waals surface area contributed by atoms with Crippen LogP contribution >= 0.6 is 11.3 Å². The Morgan fingerprint density at radius 1 is 1.56 bits per heavy atom. The minimum atomic E-state index is -0.455. The van der Waals surface area contributed by atoms with Gasteiger partial charge in [0.1, 0.15) is 4.88 Å². The summed E-state index contributed by atoms with van der Waals surface area (Å²) >= 11 is 1.36. The van der Waals surface area contributed by atoms with E-state index in [1.165, 1.54) is 11.3 Å². The van der Waals surface area contributed by atoms with E-state index >= 15 is 0 Å². The lowest BCUT2D eigenvalue weighted by atomic mass is 10.00. The topological polar surface area (TPSA) is 81.6 Å². The maximum atomic E-state index is 11.2. The van der Waals surface area contributed by atoms with E-state index in [4.69, 9.17) is 16.2 Å². The molecule has 1 amide bonds. The fourth-order valence-corrected chi connectivity index (χ4v) is 3.08. The van der Waals surface area contributed by atoms with E-state index in [-0.39, 0.29) is 0 Å². The minimum Gasteiger partial charge on any atom is -0.397 e. The van der Waals surface area contributed by atoms with Crippen LogP contribution in [0.5, 0.6) is 0 Å². The summed E-state index contributed by atoms with van der Waals surface area (Å²) in [5.74, 6) is 0.187. The van der Waals surface area contributed by atoms with Crippen molar-refractivity contribution in [2.24, 2.45) is 11.7 Å². The van der Waals surface area contributed by atoms with E-state index in [0.29, 0.717) is 16.5 Å². The van der Waals surface area contributed by atoms with Crippen LogP contribution in [-0.4, -0.2) is 32.7 Å². The third-order valence-corrected chi connectivity index (χ3v) is 4.50. The molecule has 1 aliphatic rings. The first-order chi connectivity index (χ1) is 8.58. The molecule has 1 aromatic heterocycles. The molecule has 1 aromatic rings. The van der Waals surface area contributed by atoms with Gasteiger partial charge in [0.15, 0.2) is 0 Å². The Labute approximate surface area is 111 Å². The van der Waals surface area contributed by atoms with Gasteiger partial charge in [-0.1, -0.05) is 0 Å². The van der Waals surface area contributed by atoms with Crippen LogP contribution in [0.1, 0.15) is 22.5 Å². The highest BCUT2D eigenvalue weighted by atomic mass is 32.1. The number of nitrogen functional groups attached to an aromatic ring is 1. The second kappa shape index (κ2) is 5.58. The molecule has 0 radical (unpaired) electrons. The van der Waals surface area contributed by atoms with Crippen LogP contribution in [0.15, 0.2) is 6.07 Å². The van der Waals surface area contributed by atoms with Crippen LogP contribution in [0, 0.1) is 5.92 Å². The summed E-state index contributed by atoms with van der Waals surface area (Å²) in [5.41, 5.74) is 11.5. The molecular weight excluding hydrogens is 250 g/mol. The Balaban J connectivity index is 2.01. The lowest BCUT2D eigenvalue weighted by molar-refractivity contribution is 0.0685. The number of ether oxygens (including phenoxy) is 1. The summed E-state index contributed by atoms with van der Waals surface area (Å²) in [4.78, 5) is 13.8. The number of carbonyl (C=O) groups excluding carboxylic acids is 1.